The third-order valence-corrected chi connectivity index (χ3v) is 4.53. The molecule has 6 nitrogen and oxygen atoms in total. The van der Waals surface area contributed by atoms with Crippen LogP contribution < -0.4 is 14.8 Å². The third-order valence-electron chi connectivity index (χ3n) is 3.59. The van der Waals surface area contributed by atoms with Gasteiger partial charge in [-0.15, -0.1) is 0 Å². The van der Waals surface area contributed by atoms with E-state index in [1.54, 1.807) is 19.2 Å². The van der Waals surface area contributed by atoms with Gasteiger partial charge in [-0.05, 0) is 31.0 Å². The van der Waals surface area contributed by atoms with Crippen molar-refractivity contribution in [2.45, 2.75) is 23.8 Å². The van der Waals surface area contributed by atoms with Crippen molar-refractivity contribution >= 4 is 15.7 Å². The number of ether oxygens (including phenoxy) is 2. The first-order valence-electron chi connectivity index (χ1n) is 6.44. The molecule has 0 unspecified atom stereocenters. The van der Waals surface area contributed by atoms with E-state index in [2.05, 4.69) is 4.90 Å². The summed E-state index contributed by atoms with van der Waals surface area (Å²) in [5, 5.41) is 5.23. The van der Waals surface area contributed by atoms with Crippen molar-refractivity contribution in [1.29, 1.82) is 0 Å². The van der Waals surface area contributed by atoms with Crippen molar-refractivity contribution in [3.8, 4) is 5.75 Å². The smallest absolute Gasteiger partial charge is 0.241 e. The number of hydrogen-bond acceptors (Lipinski definition) is 5. The molecule has 0 spiro atoms. The molecule has 0 radical (unpaired) electrons. The van der Waals surface area contributed by atoms with Gasteiger partial charge in [-0.25, -0.2) is 13.6 Å². The maximum absolute atomic E-state index is 11.6. The second-order valence-electron chi connectivity index (χ2n) is 4.80. The van der Waals surface area contributed by atoms with Crippen LogP contribution in [-0.4, -0.2) is 41.8 Å². The second-order valence-corrected chi connectivity index (χ2v) is 6.33. The summed E-state index contributed by atoms with van der Waals surface area (Å²) in [6, 6.07) is 5.05. The number of methoxy groups -OCH3 is 2. The fraction of sp³-hybridized carbons (Fsp3) is 0.538. The highest BCUT2D eigenvalue weighted by atomic mass is 32.2. The molecule has 0 amide bonds. The number of primary sulfonamides is 1. The number of hydrogen-bond donors (Lipinski definition) is 1. The fourth-order valence-electron chi connectivity index (χ4n) is 2.43. The minimum absolute atomic E-state index is 0.0198. The van der Waals surface area contributed by atoms with Gasteiger partial charge in [0.25, 0.3) is 0 Å². The van der Waals surface area contributed by atoms with E-state index >= 15 is 0 Å². The number of benzene rings is 1. The number of anilines is 1. The molecular formula is C13H20N2O4S. The molecule has 0 aliphatic carbocycles. The van der Waals surface area contributed by atoms with E-state index in [-0.39, 0.29) is 16.7 Å². The maximum Gasteiger partial charge on any atom is 0.241 e. The quantitative estimate of drug-likeness (QED) is 0.895. The summed E-state index contributed by atoms with van der Waals surface area (Å²) in [4.78, 5) is 2.15. The molecule has 1 heterocycles. The molecule has 1 aromatic rings. The molecule has 1 fully saturated rings. The van der Waals surface area contributed by atoms with Crippen LogP contribution in [0.15, 0.2) is 23.1 Å². The minimum Gasteiger partial charge on any atom is -0.495 e. The molecule has 2 rings (SSSR count). The normalized spacial score (nSPS) is 17.2. The Morgan fingerprint density at radius 3 is 2.40 bits per heavy atom. The number of nitrogens with zero attached hydrogens (tertiary/aromatic N) is 1. The van der Waals surface area contributed by atoms with Crippen molar-refractivity contribution in [2.24, 2.45) is 5.14 Å². The van der Waals surface area contributed by atoms with E-state index in [1.165, 1.54) is 7.11 Å². The van der Waals surface area contributed by atoms with E-state index in [4.69, 9.17) is 14.6 Å². The minimum atomic E-state index is -3.80. The molecular weight excluding hydrogens is 280 g/mol. The standard InChI is InChI=1S/C13H20N2O4S/c1-18-11-5-7-15(8-6-11)10-3-4-12(19-2)13(9-10)20(14,16)17/h3-4,9,11H,5-8H2,1-2H3,(H2,14,16,17). The van der Waals surface area contributed by atoms with Crippen molar-refractivity contribution in [2.75, 3.05) is 32.2 Å². The van der Waals surface area contributed by atoms with E-state index in [1.807, 2.05) is 6.07 Å². The molecule has 7 heteroatoms. The van der Waals surface area contributed by atoms with Crippen LogP contribution in [0, 0.1) is 0 Å². The van der Waals surface area contributed by atoms with Gasteiger partial charge in [0.05, 0.1) is 13.2 Å². The van der Waals surface area contributed by atoms with Crippen LogP contribution in [0.1, 0.15) is 12.8 Å². The molecule has 1 aliphatic heterocycles. The Kier molecular flexibility index (Phi) is 4.52. The topological polar surface area (TPSA) is 81.9 Å². The first-order valence-corrected chi connectivity index (χ1v) is 7.99. The van der Waals surface area contributed by atoms with Crippen LogP contribution in [0.3, 0.4) is 0 Å². The van der Waals surface area contributed by atoms with Gasteiger partial charge in [0.2, 0.25) is 10.0 Å². The van der Waals surface area contributed by atoms with Crippen molar-refractivity contribution in [1.82, 2.24) is 0 Å². The van der Waals surface area contributed by atoms with Gasteiger partial charge in [0.1, 0.15) is 10.6 Å². The zero-order valence-corrected chi connectivity index (χ0v) is 12.5. The number of sulfonamides is 1. The van der Waals surface area contributed by atoms with Crippen LogP contribution >= 0.6 is 0 Å². The summed E-state index contributed by atoms with van der Waals surface area (Å²) < 4.78 is 33.6. The number of nitrogens with two attached hydrogens (primary N) is 1. The Balaban J connectivity index is 2.26. The Bertz CT molecular complexity index is 566. The Labute approximate surface area is 119 Å². The van der Waals surface area contributed by atoms with Gasteiger partial charge in [0, 0.05) is 25.9 Å². The largest absolute Gasteiger partial charge is 0.495 e. The van der Waals surface area contributed by atoms with Gasteiger partial charge >= 0.3 is 0 Å². The van der Waals surface area contributed by atoms with E-state index in [0.29, 0.717) is 0 Å². The predicted octanol–water partition coefficient (Wildman–Crippen LogP) is 0.958. The van der Waals surface area contributed by atoms with Gasteiger partial charge in [0.15, 0.2) is 0 Å². The molecule has 1 aromatic carbocycles. The zero-order valence-electron chi connectivity index (χ0n) is 11.7. The zero-order chi connectivity index (χ0) is 14.8. The van der Waals surface area contributed by atoms with Crippen LogP contribution in [-0.2, 0) is 14.8 Å². The molecule has 1 aliphatic rings. The Hall–Kier alpha value is -1.31. The first-order chi connectivity index (χ1) is 9.45. The van der Waals surface area contributed by atoms with Crippen molar-refractivity contribution < 1.29 is 17.9 Å². The maximum atomic E-state index is 11.6. The summed E-state index contributed by atoms with van der Waals surface area (Å²) in [5.41, 5.74) is 0.837. The summed E-state index contributed by atoms with van der Waals surface area (Å²) in [6.45, 7) is 1.66. The number of piperidine rings is 1. The average Bonchev–Trinajstić information content (AvgIpc) is 2.46. The molecule has 0 bridgehead atoms. The summed E-state index contributed by atoms with van der Waals surface area (Å²) >= 11 is 0. The first kappa shape index (κ1) is 15.1. The van der Waals surface area contributed by atoms with Gasteiger partial charge in [-0.1, -0.05) is 0 Å². The highest BCUT2D eigenvalue weighted by molar-refractivity contribution is 7.89. The molecule has 2 N–H and O–H groups in total. The number of rotatable bonds is 4. The molecule has 112 valence electrons. The van der Waals surface area contributed by atoms with E-state index in [9.17, 15) is 8.42 Å². The third kappa shape index (κ3) is 3.23. The van der Waals surface area contributed by atoms with Crippen molar-refractivity contribution in [3.05, 3.63) is 18.2 Å². The molecule has 0 aromatic heterocycles. The fourth-order valence-corrected chi connectivity index (χ4v) is 3.15. The van der Waals surface area contributed by atoms with E-state index < -0.39 is 10.0 Å². The second kappa shape index (κ2) is 5.99. The Morgan fingerprint density at radius 2 is 1.90 bits per heavy atom. The lowest BCUT2D eigenvalue weighted by Gasteiger charge is -2.33. The van der Waals surface area contributed by atoms with Crippen LogP contribution in [0.5, 0.6) is 5.75 Å². The summed E-state index contributed by atoms with van der Waals surface area (Å²) in [5.74, 6) is 0.267. The highest BCUT2D eigenvalue weighted by Crippen LogP contribution is 2.29. The van der Waals surface area contributed by atoms with Gasteiger partial charge in [-0.2, -0.15) is 0 Å². The van der Waals surface area contributed by atoms with Crippen LogP contribution in [0.25, 0.3) is 0 Å². The molecule has 1 saturated heterocycles. The average molecular weight is 300 g/mol. The van der Waals surface area contributed by atoms with Gasteiger partial charge < -0.3 is 14.4 Å². The van der Waals surface area contributed by atoms with Gasteiger partial charge in [-0.3, -0.25) is 0 Å². The molecule has 0 atom stereocenters. The lowest BCUT2D eigenvalue weighted by Crippen LogP contribution is -2.36. The monoisotopic (exact) mass is 300 g/mol. The predicted molar refractivity (Wildman–Crippen MR) is 76.6 cm³/mol. The van der Waals surface area contributed by atoms with Crippen LogP contribution in [0.2, 0.25) is 0 Å². The highest BCUT2D eigenvalue weighted by Gasteiger charge is 2.22. The lowest BCUT2D eigenvalue weighted by molar-refractivity contribution is 0.0819. The summed E-state index contributed by atoms with van der Waals surface area (Å²) in [7, 11) is -0.659. The van der Waals surface area contributed by atoms with E-state index in [0.717, 1.165) is 31.6 Å². The van der Waals surface area contributed by atoms with Crippen molar-refractivity contribution in [3.63, 3.8) is 0 Å². The molecule has 20 heavy (non-hydrogen) atoms. The Morgan fingerprint density at radius 1 is 1.25 bits per heavy atom. The van der Waals surface area contributed by atoms with Crippen LogP contribution in [0.4, 0.5) is 5.69 Å². The molecule has 0 saturated carbocycles. The summed E-state index contributed by atoms with van der Waals surface area (Å²) in [6.07, 6.45) is 2.13. The lowest BCUT2D eigenvalue weighted by atomic mass is 10.1. The SMILES string of the molecule is COc1ccc(N2CCC(OC)CC2)cc1S(N)(=O)=O.